The van der Waals surface area contributed by atoms with Crippen molar-refractivity contribution in [2.24, 2.45) is 5.92 Å². The van der Waals surface area contributed by atoms with Gasteiger partial charge in [0.2, 0.25) is 15.9 Å². The van der Waals surface area contributed by atoms with Gasteiger partial charge in [-0.25, -0.2) is 13.2 Å². The monoisotopic (exact) mass is 440 g/mol. The molecule has 1 unspecified atom stereocenters. The van der Waals surface area contributed by atoms with E-state index in [0.29, 0.717) is 17.9 Å². The number of halogens is 1. The van der Waals surface area contributed by atoms with Crippen molar-refractivity contribution in [1.29, 1.82) is 0 Å². The van der Waals surface area contributed by atoms with Crippen LogP contribution in [0.25, 0.3) is 0 Å². The van der Waals surface area contributed by atoms with Crippen LogP contribution in [0.15, 0.2) is 38.8 Å². The van der Waals surface area contributed by atoms with Crippen LogP contribution in [0.1, 0.15) is 24.1 Å². The highest BCUT2D eigenvalue weighted by atomic mass is 35.5. The van der Waals surface area contributed by atoms with E-state index in [-0.39, 0.29) is 31.2 Å². The zero-order valence-corrected chi connectivity index (χ0v) is 17.3. The average molecular weight is 441 g/mol. The molecule has 1 aliphatic rings. The molecule has 1 saturated heterocycles. The number of sulfonamides is 1. The van der Waals surface area contributed by atoms with E-state index in [1.54, 1.807) is 18.2 Å². The first-order valence-electron chi connectivity index (χ1n) is 9.04. The fourth-order valence-electron chi connectivity index (χ4n) is 3.38. The summed E-state index contributed by atoms with van der Waals surface area (Å²) in [5.74, 6) is -0.808. The first-order valence-corrected chi connectivity index (χ1v) is 10.9. The van der Waals surface area contributed by atoms with E-state index in [1.165, 1.54) is 6.92 Å². The van der Waals surface area contributed by atoms with Crippen LogP contribution in [-0.4, -0.2) is 41.7 Å². The van der Waals surface area contributed by atoms with Crippen LogP contribution >= 0.6 is 11.6 Å². The SMILES string of the molecule is Cc1[nH]c(=O)[nH]c(=O)c1S(=O)(=O)N1CCCC(C(=O)NCc2cccc(Cl)c2)C1. The number of carbonyl (C=O) groups excluding carboxylic acids is 1. The Bertz CT molecular complexity index is 1140. The number of hydrogen-bond acceptors (Lipinski definition) is 5. The molecule has 1 aliphatic heterocycles. The van der Waals surface area contributed by atoms with Crippen LogP contribution in [-0.2, 0) is 21.4 Å². The van der Waals surface area contributed by atoms with Crippen molar-refractivity contribution in [3.8, 4) is 0 Å². The minimum Gasteiger partial charge on any atom is -0.352 e. The number of carbonyl (C=O) groups is 1. The number of hydrogen-bond donors (Lipinski definition) is 3. The smallest absolute Gasteiger partial charge is 0.325 e. The lowest BCUT2D eigenvalue weighted by Gasteiger charge is -2.31. The molecule has 11 heteroatoms. The number of benzene rings is 1. The predicted octanol–water partition coefficient (Wildman–Crippen LogP) is 0.742. The summed E-state index contributed by atoms with van der Waals surface area (Å²) in [6.07, 6.45) is 1.02. The predicted molar refractivity (Wildman–Crippen MR) is 107 cm³/mol. The number of aromatic nitrogens is 2. The van der Waals surface area contributed by atoms with Crippen molar-refractivity contribution >= 4 is 27.5 Å². The van der Waals surface area contributed by atoms with E-state index < -0.39 is 32.1 Å². The number of piperidine rings is 1. The first-order chi connectivity index (χ1) is 13.7. The van der Waals surface area contributed by atoms with Crippen LogP contribution in [0.5, 0.6) is 0 Å². The molecule has 156 valence electrons. The van der Waals surface area contributed by atoms with Crippen LogP contribution in [0.4, 0.5) is 0 Å². The summed E-state index contributed by atoms with van der Waals surface area (Å²) in [6, 6.07) is 7.08. The first kappa shape index (κ1) is 21.3. The number of nitrogens with one attached hydrogen (secondary N) is 3. The third-order valence-corrected chi connectivity index (χ3v) is 7.04. The van der Waals surface area contributed by atoms with Gasteiger partial charge in [-0.3, -0.25) is 14.6 Å². The topological polar surface area (TPSA) is 132 Å². The van der Waals surface area contributed by atoms with Crippen molar-refractivity contribution in [2.75, 3.05) is 13.1 Å². The molecule has 1 amide bonds. The van der Waals surface area contributed by atoms with Crippen LogP contribution < -0.4 is 16.6 Å². The van der Waals surface area contributed by atoms with E-state index in [1.807, 2.05) is 11.1 Å². The fraction of sp³-hybridized carbons (Fsp3) is 0.389. The second-order valence-electron chi connectivity index (χ2n) is 6.91. The molecular formula is C18H21ClN4O5S. The zero-order chi connectivity index (χ0) is 21.2. The Labute approximate surface area is 172 Å². The van der Waals surface area contributed by atoms with Gasteiger partial charge in [-0.1, -0.05) is 23.7 Å². The molecule has 0 spiro atoms. The van der Waals surface area contributed by atoms with E-state index in [2.05, 4.69) is 10.3 Å². The highest BCUT2D eigenvalue weighted by molar-refractivity contribution is 7.89. The molecule has 2 aromatic rings. The molecule has 1 aromatic carbocycles. The normalized spacial score (nSPS) is 17.8. The van der Waals surface area contributed by atoms with Gasteiger partial charge >= 0.3 is 5.69 Å². The molecule has 9 nitrogen and oxygen atoms in total. The molecule has 1 fully saturated rings. The van der Waals surface area contributed by atoms with Crippen LogP contribution in [0, 0.1) is 12.8 Å². The highest BCUT2D eigenvalue weighted by Gasteiger charge is 2.35. The minimum atomic E-state index is -4.16. The van der Waals surface area contributed by atoms with Gasteiger partial charge in [0.05, 0.1) is 5.92 Å². The summed E-state index contributed by atoms with van der Waals surface area (Å²) in [4.78, 5) is 39.7. The Hall–Kier alpha value is -2.43. The summed E-state index contributed by atoms with van der Waals surface area (Å²) < 4.78 is 27.0. The lowest BCUT2D eigenvalue weighted by molar-refractivity contribution is -0.126. The van der Waals surface area contributed by atoms with Gasteiger partial charge in [0.1, 0.15) is 0 Å². The number of rotatable bonds is 5. The lowest BCUT2D eigenvalue weighted by Crippen LogP contribution is -2.46. The van der Waals surface area contributed by atoms with Gasteiger partial charge < -0.3 is 10.3 Å². The summed E-state index contributed by atoms with van der Waals surface area (Å²) in [6.45, 7) is 1.78. The highest BCUT2D eigenvalue weighted by Crippen LogP contribution is 2.23. The van der Waals surface area contributed by atoms with E-state index >= 15 is 0 Å². The van der Waals surface area contributed by atoms with Crippen molar-refractivity contribution in [2.45, 2.75) is 31.2 Å². The maximum absolute atomic E-state index is 13.0. The summed E-state index contributed by atoms with van der Waals surface area (Å²) >= 11 is 5.94. The molecular weight excluding hydrogens is 420 g/mol. The molecule has 0 saturated carbocycles. The number of aryl methyl sites for hydroxylation is 1. The minimum absolute atomic E-state index is 0.0359. The summed E-state index contributed by atoms with van der Waals surface area (Å²) in [5, 5.41) is 3.37. The number of H-pyrrole nitrogens is 2. The van der Waals surface area contributed by atoms with E-state index in [0.717, 1.165) is 9.87 Å². The number of nitrogens with zero attached hydrogens (tertiary/aromatic N) is 1. The Morgan fingerprint density at radius 3 is 2.76 bits per heavy atom. The molecule has 3 rings (SSSR count). The Morgan fingerprint density at radius 1 is 1.31 bits per heavy atom. The van der Waals surface area contributed by atoms with E-state index in [9.17, 15) is 22.8 Å². The van der Waals surface area contributed by atoms with Crippen molar-refractivity contribution in [3.63, 3.8) is 0 Å². The average Bonchev–Trinajstić information content (AvgIpc) is 2.65. The second-order valence-corrected chi connectivity index (χ2v) is 9.22. The molecule has 1 atom stereocenters. The third-order valence-electron chi connectivity index (χ3n) is 4.78. The lowest BCUT2D eigenvalue weighted by atomic mass is 9.99. The molecule has 0 radical (unpaired) electrons. The Morgan fingerprint density at radius 2 is 2.07 bits per heavy atom. The third kappa shape index (κ3) is 4.77. The molecule has 0 bridgehead atoms. The molecule has 0 aliphatic carbocycles. The summed E-state index contributed by atoms with van der Waals surface area (Å²) in [7, 11) is -4.16. The maximum Gasteiger partial charge on any atom is 0.325 e. The van der Waals surface area contributed by atoms with E-state index in [4.69, 9.17) is 11.6 Å². The molecule has 3 N–H and O–H groups in total. The molecule has 29 heavy (non-hydrogen) atoms. The van der Waals surface area contributed by atoms with Gasteiger partial charge in [0, 0.05) is 30.4 Å². The van der Waals surface area contributed by atoms with Crippen molar-refractivity contribution < 1.29 is 13.2 Å². The summed E-state index contributed by atoms with van der Waals surface area (Å²) in [5.41, 5.74) is -0.949. The van der Waals surface area contributed by atoms with Gasteiger partial charge in [0.15, 0.2) is 4.90 Å². The Kier molecular flexibility index (Phi) is 6.25. The largest absolute Gasteiger partial charge is 0.352 e. The van der Waals surface area contributed by atoms with Gasteiger partial charge in [0.25, 0.3) is 5.56 Å². The van der Waals surface area contributed by atoms with Crippen LogP contribution in [0.2, 0.25) is 5.02 Å². The van der Waals surface area contributed by atoms with Gasteiger partial charge in [-0.15, -0.1) is 0 Å². The second kappa shape index (κ2) is 8.52. The van der Waals surface area contributed by atoms with Gasteiger partial charge in [-0.2, -0.15) is 4.31 Å². The van der Waals surface area contributed by atoms with Crippen molar-refractivity contribution in [1.82, 2.24) is 19.6 Å². The van der Waals surface area contributed by atoms with Crippen molar-refractivity contribution in [3.05, 3.63) is 61.4 Å². The number of amides is 1. The standard InChI is InChI=1S/C18H21ClN4O5S/c1-11-15(17(25)22-18(26)21-11)29(27,28)23-7-3-5-13(10-23)16(24)20-9-12-4-2-6-14(19)8-12/h2,4,6,8,13H,3,5,7,9-10H2,1H3,(H,20,24)(H2,21,22,25,26). The fourth-order valence-corrected chi connectivity index (χ4v) is 5.32. The quantitative estimate of drug-likeness (QED) is 0.630. The number of aromatic amines is 2. The van der Waals surface area contributed by atoms with Crippen LogP contribution in [0.3, 0.4) is 0 Å². The zero-order valence-electron chi connectivity index (χ0n) is 15.7. The molecule has 2 heterocycles. The maximum atomic E-state index is 13.0. The van der Waals surface area contributed by atoms with Gasteiger partial charge in [-0.05, 0) is 37.5 Å². The molecule has 1 aromatic heterocycles. The Balaban J connectivity index is 1.74.